The highest BCUT2D eigenvalue weighted by Gasteiger charge is 2.09. The first-order valence-corrected chi connectivity index (χ1v) is 4.66. The normalized spacial score (nSPS) is 11.7. The Balaban J connectivity index is 3.37. The molecule has 0 bridgehead atoms. The van der Waals surface area contributed by atoms with E-state index in [1.807, 2.05) is 20.8 Å². The minimum atomic E-state index is -0.0630. The molecule has 1 N–H and O–H groups in total. The predicted molar refractivity (Wildman–Crippen MR) is 53.0 cm³/mol. The minimum Gasteiger partial charge on any atom is -0.375 e. The fourth-order valence-corrected chi connectivity index (χ4v) is 0.907. The van der Waals surface area contributed by atoms with Gasteiger partial charge >= 0.3 is 0 Å². The van der Waals surface area contributed by atoms with Gasteiger partial charge in [0.2, 0.25) is 0 Å². The SMILES string of the molecule is CCCC(=N)CCOC(C)(C)C. The maximum Gasteiger partial charge on any atom is 0.0598 e. The van der Waals surface area contributed by atoms with E-state index in [-0.39, 0.29) is 5.60 Å². The smallest absolute Gasteiger partial charge is 0.0598 e. The summed E-state index contributed by atoms with van der Waals surface area (Å²) in [6, 6.07) is 0. The fraction of sp³-hybridized carbons (Fsp3) is 0.900. The van der Waals surface area contributed by atoms with Crippen molar-refractivity contribution in [3.05, 3.63) is 0 Å². The Morgan fingerprint density at radius 2 is 1.83 bits per heavy atom. The van der Waals surface area contributed by atoms with E-state index in [1.165, 1.54) is 0 Å². The Labute approximate surface area is 75.8 Å². The van der Waals surface area contributed by atoms with Gasteiger partial charge in [0, 0.05) is 12.1 Å². The quantitative estimate of drug-likeness (QED) is 0.634. The molecule has 0 saturated heterocycles. The molecular weight excluding hydrogens is 150 g/mol. The number of ether oxygens (including phenoxy) is 1. The van der Waals surface area contributed by atoms with Gasteiger partial charge in [-0.3, -0.25) is 0 Å². The Bertz CT molecular complexity index is 135. The average molecular weight is 171 g/mol. The second kappa shape index (κ2) is 5.31. The van der Waals surface area contributed by atoms with Gasteiger partial charge in [-0.15, -0.1) is 0 Å². The molecule has 2 nitrogen and oxygen atoms in total. The summed E-state index contributed by atoms with van der Waals surface area (Å²) in [4.78, 5) is 0. The van der Waals surface area contributed by atoms with Crippen molar-refractivity contribution in [2.45, 2.75) is 52.6 Å². The Hall–Kier alpha value is -0.370. The third-order valence-electron chi connectivity index (χ3n) is 1.49. The van der Waals surface area contributed by atoms with E-state index >= 15 is 0 Å². The van der Waals surface area contributed by atoms with Crippen molar-refractivity contribution in [3.63, 3.8) is 0 Å². The molecule has 0 amide bonds. The number of rotatable bonds is 5. The molecule has 0 aliphatic heterocycles. The van der Waals surface area contributed by atoms with E-state index in [4.69, 9.17) is 10.1 Å². The van der Waals surface area contributed by atoms with Crippen LogP contribution >= 0.6 is 0 Å². The third-order valence-corrected chi connectivity index (χ3v) is 1.49. The van der Waals surface area contributed by atoms with Crippen molar-refractivity contribution in [1.29, 1.82) is 5.41 Å². The van der Waals surface area contributed by atoms with Crippen LogP contribution in [0.3, 0.4) is 0 Å². The van der Waals surface area contributed by atoms with E-state index in [0.717, 1.165) is 25.0 Å². The lowest BCUT2D eigenvalue weighted by Crippen LogP contribution is -2.20. The molecule has 0 aromatic rings. The van der Waals surface area contributed by atoms with Gasteiger partial charge in [0.05, 0.1) is 12.2 Å². The maximum atomic E-state index is 7.52. The Morgan fingerprint density at radius 1 is 1.25 bits per heavy atom. The molecule has 0 aliphatic carbocycles. The largest absolute Gasteiger partial charge is 0.375 e. The van der Waals surface area contributed by atoms with Crippen LogP contribution in [0.4, 0.5) is 0 Å². The number of nitrogens with one attached hydrogen (secondary N) is 1. The molecule has 0 saturated carbocycles. The summed E-state index contributed by atoms with van der Waals surface area (Å²) in [7, 11) is 0. The van der Waals surface area contributed by atoms with Crippen molar-refractivity contribution in [1.82, 2.24) is 0 Å². The van der Waals surface area contributed by atoms with Crippen molar-refractivity contribution in [2.24, 2.45) is 0 Å². The van der Waals surface area contributed by atoms with Gasteiger partial charge in [-0.25, -0.2) is 0 Å². The first-order chi connectivity index (χ1) is 5.45. The molecule has 0 heterocycles. The van der Waals surface area contributed by atoms with E-state index in [2.05, 4.69) is 6.92 Å². The van der Waals surface area contributed by atoms with Crippen LogP contribution in [0, 0.1) is 5.41 Å². The van der Waals surface area contributed by atoms with E-state index in [0.29, 0.717) is 6.61 Å². The van der Waals surface area contributed by atoms with Crippen LogP contribution < -0.4 is 0 Å². The molecule has 0 rings (SSSR count). The zero-order valence-corrected chi connectivity index (χ0v) is 8.74. The van der Waals surface area contributed by atoms with Crippen LogP contribution in [0.5, 0.6) is 0 Å². The standard InChI is InChI=1S/C10H21NO/c1-5-6-9(11)7-8-12-10(2,3)4/h11H,5-8H2,1-4H3. The zero-order valence-electron chi connectivity index (χ0n) is 8.74. The van der Waals surface area contributed by atoms with Crippen LogP contribution in [-0.2, 0) is 4.74 Å². The topological polar surface area (TPSA) is 33.1 Å². The molecule has 0 radical (unpaired) electrons. The summed E-state index contributed by atoms with van der Waals surface area (Å²) >= 11 is 0. The second-order valence-electron chi connectivity index (χ2n) is 4.06. The highest BCUT2D eigenvalue weighted by atomic mass is 16.5. The minimum absolute atomic E-state index is 0.0630. The van der Waals surface area contributed by atoms with Crippen molar-refractivity contribution in [3.8, 4) is 0 Å². The monoisotopic (exact) mass is 171 g/mol. The molecule has 0 aliphatic rings. The molecule has 2 heteroatoms. The van der Waals surface area contributed by atoms with Gasteiger partial charge in [0.15, 0.2) is 0 Å². The average Bonchev–Trinajstić information content (AvgIpc) is 1.84. The van der Waals surface area contributed by atoms with E-state index in [1.54, 1.807) is 0 Å². The summed E-state index contributed by atoms with van der Waals surface area (Å²) in [5, 5.41) is 7.52. The Morgan fingerprint density at radius 3 is 2.25 bits per heavy atom. The van der Waals surface area contributed by atoms with Crippen LogP contribution in [0.15, 0.2) is 0 Å². The lowest BCUT2D eigenvalue weighted by atomic mass is 10.1. The third kappa shape index (κ3) is 7.73. The highest BCUT2D eigenvalue weighted by molar-refractivity contribution is 5.81. The lowest BCUT2D eigenvalue weighted by Gasteiger charge is -2.19. The van der Waals surface area contributed by atoms with Crippen LogP contribution in [0.2, 0.25) is 0 Å². The van der Waals surface area contributed by atoms with Gasteiger partial charge < -0.3 is 10.1 Å². The molecule has 0 spiro atoms. The van der Waals surface area contributed by atoms with Crippen LogP contribution in [0.25, 0.3) is 0 Å². The summed E-state index contributed by atoms with van der Waals surface area (Å²) in [6.45, 7) is 8.89. The summed E-state index contributed by atoms with van der Waals surface area (Å²) in [5.41, 5.74) is 0.744. The van der Waals surface area contributed by atoms with Crippen LogP contribution in [-0.4, -0.2) is 17.9 Å². The van der Waals surface area contributed by atoms with Crippen molar-refractivity contribution in [2.75, 3.05) is 6.61 Å². The van der Waals surface area contributed by atoms with Gasteiger partial charge in [-0.2, -0.15) is 0 Å². The number of hydrogen-bond acceptors (Lipinski definition) is 2. The van der Waals surface area contributed by atoms with Gasteiger partial charge in [0.1, 0.15) is 0 Å². The zero-order chi connectivity index (χ0) is 9.61. The lowest BCUT2D eigenvalue weighted by molar-refractivity contribution is 0.00117. The summed E-state index contributed by atoms with van der Waals surface area (Å²) in [5.74, 6) is 0. The molecule has 0 unspecified atom stereocenters. The maximum absolute atomic E-state index is 7.52. The molecule has 0 aromatic heterocycles. The summed E-state index contributed by atoms with van der Waals surface area (Å²) in [6.07, 6.45) is 2.76. The fourth-order valence-electron chi connectivity index (χ4n) is 0.907. The molecule has 0 atom stereocenters. The van der Waals surface area contributed by atoms with E-state index in [9.17, 15) is 0 Å². The van der Waals surface area contributed by atoms with E-state index < -0.39 is 0 Å². The van der Waals surface area contributed by atoms with Crippen LogP contribution in [0.1, 0.15) is 47.0 Å². The van der Waals surface area contributed by atoms with Gasteiger partial charge in [-0.1, -0.05) is 13.3 Å². The summed E-state index contributed by atoms with van der Waals surface area (Å²) < 4.78 is 5.51. The molecule has 12 heavy (non-hydrogen) atoms. The first kappa shape index (κ1) is 11.6. The predicted octanol–water partition coefficient (Wildman–Crippen LogP) is 3.01. The van der Waals surface area contributed by atoms with Gasteiger partial charge in [0.25, 0.3) is 0 Å². The molecule has 0 aromatic carbocycles. The van der Waals surface area contributed by atoms with Gasteiger partial charge in [-0.05, 0) is 27.2 Å². The highest BCUT2D eigenvalue weighted by Crippen LogP contribution is 2.07. The number of hydrogen-bond donors (Lipinski definition) is 1. The second-order valence-corrected chi connectivity index (χ2v) is 4.06. The Kier molecular flexibility index (Phi) is 5.14. The van der Waals surface area contributed by atoms with Crippen molar-refractivity contribution < 1.29 is 4.74 Å². The van der Waals surface area contributed by atoms with Crippen molar-refractivity contribution >= 4 is 5.71 Å². The molecular formula is C10H21NO. The molecule has 72 valence electrons. The first-order valence-electron chi connectivity index (χ1n) is 4.66. The molecule has 0 fully saturated rings.